The molecule has 3 aliphatic heterocycles. The third kappa shape index (κ3) is 5.86. The van der Waals surface area contributed by atoms with Crippen LogP contribution in [-0.4, -0.2) is 65.4 Å². The van der Waals surface area contributed by atoms with E-state index in [2.05, 4.69) is 27.6 Å². The van der Waals surface area contributed by atoms with Crippen LogP contribution >= 0.6 is 0 Å². The van der Waals surface area contributed by atoms with Gasteiger partial charge in [0.2, 0.25) is 0 Å². The van der Waals surface area contributed by atoms with Gasteiger partial charge in [-0.25, -0.2) is 0 Å². The molecule has 0 radical (unpaired) electrons. The van der Waals surface area contributed by atoms with E-state index < -0.39 is 0 Å². The summed E-state index contributed by atoms with van der Waals surface area (Å²) in [5, 5.41) is 10.6. The Hall–Kier alpha value is -4.05. The average Bonchev–Trinajstić information content (AvgIpc) is 3.52. The van der Waals surface area contributed by atoms with Crippen LogP contribution in [0.5, 0.6) is 17.2 Å². The van der Waals surface area contributed by atoms with Gasteiger partial charge in [0.25, 0.3) is 11.8 Å². The number of nitrogens with zero attached hydrogens (tertiary/aromatic N) is 3. The molecule has 37 heavy (non-hydrogen) atoms. The predicted molar refractivity (Wildman–Crippen MR) is 136 cm³/mol. The standard InChI is InChI=1S/C27H31N5O5/c1-3-32-11-10-20(30-32)14-31-15-22-25(16-31)37-21-7-4-18(5-8-21)13-28-26(33)17-36-24-12-19(27(34)29-22)6-9-23(24)35-2/h4-12,22,25H,3,13-17H2,1-2H3,(H,28,33)(H,29,34)/t22-,25-/m0/s1. The Bertz CT molecular complexity index is 1260. The normalized spacial score (nSPS) is 20.3. The van der Waals surface area contributed by atoms with Crippen molar-refractivity contribution in [3.05, 3.63) is 71.5 Å². The number of carbonyl (C=O) groups is 2. The van der Waals surface area contributed by atoms with Crippen LogP contribution in [0.4, 0.5) is 0 Å². The monoisotopic (exact) mass is 505 g/mol. The third-order valence-corrected chi connectivity index (χ3v) is 6.55. The first-order valence-electron chi connectivity index (χ1n) is 12.4. The first kappa shape index (κ1) is 24.6. The van der Waals surface area contributed by atoms with Gasteiger partial charge in [0.05, 0.1) is 18.8 Å². The van der Waals surface area contributed by atoms with Gasteiger partial charge in [-0.3, -0.25) is 19.2 Å². The van der Waals surface area contributed by atoms with Crippen molar-refractivity contribution >= 4 is 11.8 Å². The average molecular weight is 506 g/mol. The fourth-order valence-corrected chi connectivity index (χ4v) is 4.57. The molecule has 2 aromatic carbocycles. The molecule has 0 saturated carbocycles. The maximum absolute atomic E-state index is 13.3. The summed E-state index contributed by atoms with van der Waals surface area (Å²) in [6.07, 6.45) is 1.72. The molecule has 194 valence electrons. The molecule has 2 amide bonds. The van der Waals surface area contributed by atoms with Crippen LogP contribution in [0.25, 0.3) is 0 Å². The minimum Gasteiger partial charge on any atom is -0.493 e. The molecule has 1 saturated heterocycles. The Morgan fingerprint density at radius 2 is 1.95 bits per heavy atom. The zero-order valence-corrected chi connectivity index (χ0v) is 21.0. The van der Waals surface area contributed by atoms with Crippen molar-refractivity contribution in [2.45, 2.75) is 38.7 Å². The van der Waals surface area contributed by atoms with E-state index in [4.69, 9.17) is 14.2 Å². The molecule has 1 fully saturated rings. The summed E-state index contributed by atoms with van der Waals surface area (Å²) in [5.41, 5.74) is 2.32. The molecule has 3 aliphatic rings. The number of rotatable bonds is 4. The highest BCUT2D eigenvalue weighted by molar-refractivity contribution is 5.95. The Balaban J connectivity index is 1.41. The van der Waals surface area contributed by atoms with E-state index in [1.165, 1.54) is 7.11 Å². The predicted octanol–water partition coefficient (Wildman–Crippen LogP) is 1.98. The molecule has 2 atom stereocenters. The van der Waals surface area contributed by atoms with Crippen LogP contribution in [0.1, 0.15) is 28.5 Å². The van der Waals surface area contributed by atoms with Crippen molar-refractivity contribution in [1.29, 1.82) is 0 Å². The van der Waals surface area contributed by atoms with E-state index in [0.717, 1.165) is 17.8 Å². The number of methoxy groups -OCH3 is 1. The number of ether oxygens (including phenoxy) is 3. The van der Waals surface area contributed by atoms with Gasteiger partial charge in [-0.15, -0.1) is 0 Å². The van der Waals surface area contributed by atoms with Crippen LogP contribution in [0.15, 0.2) is 54.7 Å². The molecule has 10 heteroatoms. The molecule has 0 aliphatic carbocycles. The number of amides is 2. The minimum absolute atomic E-state index is 0.198. The number of fused-ring (bicyclic) bond motifs is 7. The first-order valence-corrected chi connectivity index (χ1v) is 12.4. The van der Waals surface area contributed by atoms with Crippen molar-refractivity contribution in [1.82, 2.24) is 25.3 Å². The van der Waals surface area contributed by atoms with Crippen molar-refractivity contribution in [2.75, 3.05) is 26.8 Å². The van der Waals surface area contributed by atoms with Gasteiger partial charge in [0.1, 0.15) is 11.9 Å². The number of aromatic nitrogens is 2. The van der Waals surface area contributed by atoms with Gasteiger partial charge >= 0.3 is 0 Å². The SMILES string of the molecule is CCn1ccc(CN2C[C@@H]3NC(=O)c4ccc(OC)c(c4)OCC(=O)NCc4ccc(cc4)O[C@H]3C2)n1. The molecular weight excluding hydrogens is 474 g/mol. The molecule has 10 nitrogen and oxygen atoms in total. The van der Waals surface area contributed by atoms with Gasteiger partial charge in [0.15, 0.2) is 18.1 Å². The quantitative estimate of drug-likeness (QED) is 0.559. The fourth-order valence-electron chi connectivity index (χ4n) is 4.57. The zero-order valence-electron chi connectivity index (χ0n) is 21.0. The number of nitrogens with one attached hydrogen (secondary N) is 2. The summed E-state index contributed by atoms with van der Waals surface area (Å²) in [6, 6.07) is 14.3. The lowest BCUT2D eigenvalue weighted by molar-refractivity contribution is -0.123. The number of hydrogen-bond acceptors (Lipinski definition) is 7. The van der Waals surface area contributed by atoms with Crippen molar-refractivity contribution in [3.8, 4) is 17.2 Å². The van der Waals surface area contributed by atoms with Gasteiger partial charge in [0, 0.05) is 44.5 Å². The highest BCUT2D eigenvalue weighted by Gasteiger charge is 2.36. The van der Waals surface area contributed by atoms with Crippen LogP contribution < -0.4 is 24.8 Å². The largest absolute Gasteiger partial charge is 0.493 e. The van der Waals surface area contributed by atoms with Crippen LogP contribution in [-0.2, 0) is 24.4 Å². The Morgan fingerprint density at radius 1 is 1.11 bits per heavy atom. The number of hydrogen-bond donors (Lipinski definition) is 2. The molecule has 1 aromatic heterocycles. The first-order chi connectivity index (χ1) is 18.0. The van der Waals surface area contributed by atoms with Crippen LogP contribution in [0.2, 0.25) is 0 Å². The summed E-state index contributed by atoms with van der Waals surface area (Å²) in [5.74, 6) is 0.936. The number of carbonyl (C=O) groups excluding carboxylic acids is 2. The molecule has 4 heterocycles. The zero-order chi connectivity index (χ0) is 25.8. The number of likely N-dealkylation sites (tertiary alicyclic amines) is 1. The minimum atomic E-state index is -0.278. The van der Waals surface area contributed by atoms with Crippen molar-refractivity contribution in [3.63, 3.8) is 0 Å². The maximum atomic E-state index is 13.3. The summed E-state index contributed by atoms with van der Waals surface area (Å²) in [4.78, 5) is 27.8. The Morgan fingerprint density at radius 3 is 2.70 bits per heavy atom. The second kappa shape index (κ2) is 10.9. The highest BCUT2D eigenvalue weighted by atomic mass is 16.5. The molecule has 3 aromatic rings. The lowest BCUT2D eigenvalue weighted by atomic mass is 10.1. The molecule has 2 N–H and O–H groups in total. The van der Waals surface area contributed by atoms with E-state index in [-0.39, 0.29) is 30.6 Å². The number of aryl methyl sites for hydroxylation is 1. The maximum Gasteiger partial charge on any atom is 0.258 e. The van der Waals surface area contributed by atoms with E-state index in [0.29, 0.717) is 49.0 Å². The summed E-state index contributed by atoms with van der Waals surface area (Å²) in [7, 11) is 1.51. The van der Waals surface area contributed by atoms with Gasteiger partial charge in [-0.2, -0.15) is 5.10 Å². The van der Waals surface area contributed by atoms with E-state index >= 15 is 0 Å². The van der Waals surface area contributed by atoms with Crippen molar-refractivity contribution < 1.29 is 23.8 Å². The smallest absolute Gasteiger partial charge is 0.258 e. The molecule has 0 unspecified atom stereocenters. The molecule has 4 bridgehead atoms. The van der Waals surface area contributed by atoms with Gasteiger partial charge < -0.3 is 24.8 Å². The van der Waals surface area contributed by atoms with Crippen molar-refractivity contribution in [2.24, 2.45) is 0 Å². The highest BCUT2D eigenvalue weighted by Crippen LogP contribution is 2.29. The molecule has 0 spiro atoms. The van der Waals surface area contributed by atoms with Crippen LogP contribution in [0, 0.1) is 0 Å². The Kier molecular flexibility index (Phi) is 7.27. The third-order valence-electron chi connectivity index (χ3n) is 6.55. The summed E-state index contributed by atoms with van der Waals surface area (Å²) < 4.78 is 19.3. The van der Waals surface area contributed by atoms with E-state index in [9.17, 15) is 9.59 Å². The lowest BCUT2D eigenvalue weighted by Crippen LogP contribution is -2.45. The van der Waals surface area contributed by atoms with E-state index in [1.54, 1.807) is 18.2 Å². The van der Waals surface area contributed by atoms with Gasteiger partial charge in [-0.1, -0.05) is 12.1 Å². The van der Waals surface area contributed by atoms with Gasteiger partial charge in [-0.05, 0) is 48.9 Å². The molecular formula is C27H31N5O5. The topological polar surface area (TPSA) is 107 Å². The molecule has 6 rings (SSSR count). The van der Waals surface area contributed by atoms with E-state index in [1.807, 2.05) is 41.2 Å². The Labute approximate surface area is 215 Å². The number of benzene rings is 2. The van der Waals surface area contributed by atoms with Crippen LogP contribution in [0.3, 0.4) is 0 Å². The second-order valence-corrected chi connectivity index (χ2v) is 9.17. The second-order valence-electron chi connectivity index (χ2n) is 9.17. The summed E-state index contributed by atoms with van der Waals surface area (Å²) in [6.45, 7) is 4.96. The summed E-state index contributed by atoms with van der Waals surface area (Å²) >= 11 is 0. The lowest BCUT2D eigenvalue weighted by Gasteiger charge is -2.21. The fraction of sp³-hybridized carbons (Fsp3) is 0.370.